The molecule has 2 aliphatic rings. The maximum atomic E-state index is 11.0. The van der Waals surface area contributed by atoms with E-state index in [1.807, 2.05) is 18.2 Å². The molecule has 2 heterocycles. The summed E-state index contributed by atoms with van der Waals surface area (Å²) in [5.41, 5.74) is 2.00. The summed E-state index contributed by atoms with van der Waals surface area (Å²) in [6, 6.07) is 5.82. The maximum Gasteiger partial charge on any atom is 0.339 e. The van der Waals surface area contributed by atoms with Crippen molar-refractivity contribution >= 4 is 17.7 Å². The minimum absolute atomic E-state index is 0.110. The van der Waals surface area contributed by atoms with E-state index >= 15 is 0 Å². The van der Waals surface area contributed by atoms with Crippen LogP contribution >= 0.6 is 0 Å². The fourth-order valence-electron chi connectivity index (χ4n) is 2.11. The summed E-state index contributed by atoms with van der Waals surface area (Å²) in [5, 5.41) is 9.01. The number of nitrogens with zero attached hydrogens (tertiary/aromatic N) is 1. The molecule has 1 aromatic rings. The zero-order valence-electron chi connectivity index (χ0n) is 9.85. The second-order valence-corrected chi connectivity index (χ2v) is 4.45. The molecule has 4 nitrogen and oxygen atoms in total. The molecule has 0 aromatic heterocycles. The highest BCUT2D eigenvalue weighted by Gasteiger charge is 2.22. The largest absolute Gasteiger partial charge is 0.478 e. The highest BCUT2D eigenvalue weighted by atomic mass is 16.5. The lowest BCUT2D eigenvalue weighted by atomic mass is 10.0. The van der Waals surface area contributed by atoms with Crippen LogP contribution in [-0.4, -0.2) is 24.2 Å². The molecule has 92 valence electrons. The lowest BCUT2D eigenvalue weighted by Crippen LogP contribution is -2.36. The number of carboxylic acids is 1. The Labute approximate surface area is 105 Å². The van der Waals surface area contributed by atoms with Crippen LogP contribution in [0.1, 0.15) is 12.0 Å². The third kappa shape index (κ3) is 1.66. The number of fused-ring (bicyclic) bond motifs is 1. The van der Waals surface area contributed by atoms with Crippen molar-refractivity contribution < 1.29 is 14.6 Å². The number of anilines is 1. The molecule has 1 saturated heterocycles. The summed E-state index contributed by atoms with van der Waals surface area (Å²) in [7, 11) is 0. The minimum Gasteiger partial charge on any atom is -0.478 e. The van der Waals surface area contributed by atoms with Gasteiger partial charge in [0.2, 0.25) is 0 Å². The van der Waals surface area contributed by atoms with Crippen LogP contribution in [0.5, 0.6) is 5.75 Å². The molecule has 0 amide bonds. The molecule has 0 atom stereocenters. The topological polar surface area (TPSA) is 49.8 Å². The Bertz CT molecular complexity index is 570. The van der Waals surface area contributed by atoms with Crippen molar-refractivity contribution in [3.63, 3.8) is 0 Å². The number of carbonyl (C=O) groups is 1. The Morgan fingerprint density at radius 1 is 1.39 bits per heavy atom. The highest BCUT2D eigenvalue weighted by Crippen LogP contribution is 2.35. The summed E-state index contributed by atoms with van der Waals surface area (Å²) >= 11 is 0. The molecule has 0 spiro atoms. The fourth-order valence-corrected chi connectivity index (χ4v) is 2.11. The van der Waals surface area contributed by atoms with E-state index in [9.17, 15) is 4.79 Å². The SMILES string of the molecule is C=C1Oc2cc(N3CCC3)ccc2C=C1C(=O)O. The average molecular weight is 243 g/mol. The van der Waals surface area contributed by atoms with Gasteiger partial charge < -0.3 is 14.7 Å². The van der Waals surface area contributed by atoms with Gasteiger partial charge in [-0.15, -0.1) is 0 Å². The normalized spacial score (nSPS) is 17.4. The third-order valence-electron chi connectivity index (χ3n) is 3.28. The van der Waals surface area contributed by atoms with E-state index in [4.69, 9.17) is 9.84 Å². The van der Waals surface area contributed by atoms with Gasteiger partial charge in [0.25, 0.3) is 0 Å². The Morgan fingerprint density at radius 3 is 2.78 bits per heavy atom. The first-order chi connectivity index (χ1) is 8.65. The number of carboxylic acid groups (broad SMARTS) is 1. The van der Waals surface area contributed by atoms with E-state index in [1.165, 1.54) is 6.42 Å². The van der Waals surface area contributed by atoms with Crippen molar-refractivity contribution in [2.24, 2.45) is 0 Å². The molecule has 1 aromatic carbocycles. The lowest BCUT2D eigenvalue weighted by Gasteiger charge is -2.33. The van der Waals surface area contributed by atoms with Gasteiger partial charge in [0.15, 0.2) is 0 Å². The molecule has 0 bridgehead atoms. The first-order valence-corrected chi connectivity index (χ1v) is 5.86. The van der Waals surface area contributed by atoms with Crippen molar-refractivity contribution in [1.82, 2.24) is 0 Å². The minimum atomic E-state index is -1.02. The summed E-state index contributed by atoms with van der Waals surface area (Å²) < 4.78 is 5.49. The fraction of sp³-hybridized carbons (Fsp3) is 0.214. The highest BCUT2D eigenvalue weighted by molar-refractivity contribution is 5.98. The van der Waals surface area contributed by atoms with Gasteiger partial charge >= 0.3 is 5.97 Å². The van der Waals surface area contributed by atoms with Crippen molar-refractivity contribution in [2.75, 3.05) is 18.0 Å². The van der Waals surface area contributed by atoms with Gasteiger partial charge in [0.05, 0.1) is 0 Å². The summed E-state index contributed by atoms with van der Waals surface area (Å²) in [6.45, 7) is 5.77. The van der Waals surface area contributed by atoms with E-state index in [1.54, 1.807) is 6.08 Å². The number of ether oxygens (including phenoxy) is 1. The van der Waals surface area contributed by atoms with Gasteiger partial charge in [-0.2, -0.15) is 0 Å². The average Bonchev–Trinajstić information content (AvgIpc) is 2.25. The lowest BCUT2D eigenvalue weighted by molar-refractivity contribution is -0.132. The zero-order valence-corrected chi connectivity index (χ0v) is 9.85. The van der Waals surface area contributed by atoms with Crippen LogP contribution in [0.15, 0.2) is 36.1 Å². The number of benzene rings is 1. The third-order valence-corrected chi connectivity index (χ3v) is 3.28. The Hall–Kier alpha value is -2.23. The molecule has 1 fully saturated rings. The molecular weight excluding hydrogens is 230 g/mol. The summed E-state index contributed by atoms with van der Waals surface area (Å²) in [5.74, 6) is -0.150. The maximum absolute atomic E-state index is 11.0. The van der Waals surface area contributed by atoms with Crippen LogP contribution in [0.2, 0.25) is 0 Å². The quantitative estimate of drug-likeness (QED) is 0.865. The van der Waals surface area contributed by atoms with Gasteiger partial charge in [-0.1, -0.05) is 6.58 Å². The molecule has 1 N–H and O–H groups in total. The second kappa shape index (κ2) is 3.91. The van der Waals surface area contributed by atoms with Gasteiger partial charge in [-0.25, -0.2) is 4.79 Å². The van der Waals surface area contributed by atoms with E-state index in [-0.39, 0.29) is 11.3 Å². The van der Waals surface area contributed by atoms with Gasteiger partial charge in [-0.3, -0.25) is 0 Å². The first kappa shape index (κ1) is 10.9. The van der Waals surface area contributed by atoms with Crippen LogP contribution in [-0.2, 0) is 4.79 Å². The first-order valence-electron chi connectivity index (χ1n) is 5.86. The summed E-state index contributed by atoms with van der Waals surface area (Å²) in [6.07, 6.45) is 2.82. The predicted molar refractivity (Wildman–Crippen MR) is 68.7 cm³/mol. The molecule has 0 saturated carbocycles. The number of aliphatic carboxylic acids is 1. The standard InChI is InChI=1S/C14H13NO3/c1-9-12(14(16)17)7-10-3-4-11(8-13(10)18-9)15-5-2-6-15/h3-4,7-8H,1-2,5-6H2,(H,16,17). The second-order valence-electron chi connectivity index (χ2n) is 4.45. The van der Waals surface area contributed by atoms with Crippen LogP contribution in [0, 0.1) is 0 Å². The molecule has 0 radical (unpaired) electrons. The van der Waals surface area contributed by atoms with E-state index in [2.05, 4.69) is 11.5 Å². The molecule has 18 heavy (non-hydrogen) atoms. The Balaban J connectivity index is 1.99. The molecule has 0 unspecified atom stereocenters. The van der Waals surface area contributed by atoms with Crippen molar-refractivity contribution in [2.45, 2.75) is 6.42 Å². The van der Waals surface area contributed by atoms with E-state index in [0.29, 0.717) is 5.75 Å². The molecular formula is C14H13NO3. The Morgan fingerprint density at radius 2 is 2.17 bits per heavy atom. The van der Waals surface area contributed by atoms with E-state index in [0.717, 1.165) is 24.3 Å². The van der Waals surface area contributed by atoms with Crippen LogP contribution < -0.4 is 9.64 Å². The van der Waals surface area contributed by atoms with Gasteiger partial charge in [0.1, 0.15) is 17.1 Å². The van der Waals surface area contributed by atoms with Gasteiger partial charge in [0, 0.05) is 30.4 Å². The monoisotopic (exact) mass is 243 g/mol. The van der Waals surface area contributed by atoms with Crippen molar-refractivity contribution in [3.05, 3.63) is 41.7 Å². The van der Waals surface area contributed by atoms with Crippen molar-refractivity contribution in [3.8, 4) is 5.75 Å². The smallest absolute Gasteiger partial charge is 0.339 e. The number of hydrogen-bond donors (Lipinski definition) is 1. The van der Waals surface area contributed by atoms with Crippen LogP contribution in [0.4, 0.5) is 5.69 Å². The van der Waals surface area contributed by atoms with E-state index < -0.39 is 5.97 Å². The molecule has 0 aliphatic carbocycles. The van der Waals surface area contributed by atoms with Crippen LogP contribution in [0.3, 0.4) is 0 Å². The molecule has 3 rings (SSSR count). The van der Waals surface area contributed by atoms with Crippen LogP contribution in [0.25, 0.3) is 6.08 Å². The summed E-state index contributed by atoms with van der Waals surface area (Å²) in [4.78, 5) is 13.2. The number of rotatable bonds is 2. The van der Waals surface area contributed by atoms with Gasteiger partial charge in [-0.05, 0) is 24.6 Å². The molecule has 4 heteroatoms. The zero-order chi connectivity index (χ0) is 12.7. The Kier molecular flexibility index (Phi) is 2.37. The molecule has 2 aliphatic heterocycles. The predicted octanol–water partition coefficient (Wildman–Crippen LogP) is 2.27. The number of hydrogen-bond acceptors (Lipinski definition) is 3. The van der Waals surface area contributed by atoms with Crippen molar-refractivity contribution in [1.29, 1.82) is 0 Å².